The van der Waals surface area contributed by atoms with Crippen LogP contribution in [0.1, 0.15) is 46.0 Å². The maximum absolute atomic E-state index is 5.43. The molecule has 0 radical (unpaired) electrons. The number of ether oxygens (including phenoxy) is 2. The van der Waals surface area contributed by atoms with Gasteiger partial charge in [0.2, 0.25) is 0 Å². The first-order valence-electron chi connectivity index (χ1n) is 10.5. The minimum atomic E-state index is 0.345. The van der Waals surface area contributed by atoms with Crippen LogP contribution < -0.4 is 10.6 Å². The van der Waals surface area contributed by atoms with Gasteiger partial charge < -0.3 is 20.1 Å². The highest BCUT2D eigenvalue weighted by atomic mass is 16.5. The van der Waals surface area contributed by atoms with E-state index in [0.29, 0.717) is 11.3 Å². The summed E-state index contributed by atoms with van der Waals surface area (Å²) in [6.45, 7) is 13.0. The summed E-state index contributed by atoms with van der Waals surface area (Å²) in [6, 6.07) is 0. The maximum Gasteiger partial charge on any atom is 0.191 e. The normalized spacial score (nSPS) is 22.3. The molecule has 0 spiro atoms. The highest BCUT2D eigenvalue weighted by Gasteiger charge is 2.33. The molecule has 6 heteroatoms. The Hall–Kier alpha value is -0.850. The lowest BCUT2D eigenvalue weighted by molar-refractivity contribution is 0.0320. The molecule has 1 aliphatic carbocycles. The second-order valence-corrected chi connectivity index (χ2v) is 8.04. The molecule has 1 aliphatic heterocycles. The monoisotopic (exact) mass is 368 g/mol. The molecule has 0 aromatic carbocycles. The number of nitrogens with zero attached hydrogens (tertiary/aromatic N) is 2. The van der Waals surface area contributed by atoms with Crippen LogP contribution in [0.3, 0.4) is 0 Å². The fourth-order valence-electron chi connectivity index (χ4n) is 4.08. The van der Waals surface area contributed by atoms with E-state index in [9.17, 15) is 0 Å². The zero-order chi connectivity index (χ0) is 18.7. The van der Waals surface area contributed by atoms with Crippen LogP contribution in [0.15, 0.2) is 4.99 Å². The molecule has 2 fully saturated rings. The Morgan fingerprint density at radius 3 is 2.62 bits per heavy atom. The zero-order valence-electron chi connectivity index (χ0n) is 17.2. The van der Waals surface area contributed by atoms with Gasteiger partial charge in [0.05, 0.1) is 13.2 Å². The average Bonchev–Trinajstić information content (AvgIpc) is 3.12. The quantitative estimate of drug-likeness (QED) is 0.457. The van der Waals surface area contributed by atoms with Crippen LogP contribution >= 0.6 is 0 Å². The van der Waals surface area contributed by atoms with Crippen molar-refractivity contribution in [3.8, 4) is 0 Å². The molecular formula is C20H40N4O2. The molecule has 152 valence electrons. The summed E-state index contributed by atoms with van der Waals surface area (Å²) in [5.74, 6) is 1.55. The standard InChI is InChI=1S/C20H40N4O2/c1-4-21-19(22-15-18(2)16-24-10-13-26-14-11-24)23-17-20(9-12-25-3)7-5-6-8-20/h18H,4-17H2,1-3H3,(H2,21,22,23). The topological polar surface area (TPSA) is 58.1 Å². The van der Waals surface area contributed by atoms with Gasteiger partial charge in [-0.25, -0.2) is 0 Å². The van der Waals surface area contributed by atoms with Gasteiger partial charge in [-0.05, 0) is 37.5 Å². The van der Waals surface area contributed by atoms with Crippen molar-refractivity contribution >= 4 is 5.96 Å². The second kappa shape index (κ2) is 11.8. The number of hydrogen-bond donors (Lipinski definition) is 2. The number of rotatable bonds is 10. The van der Waals surface area contributed by atoms with E-state index in [1.54, 1.807) is 7.11 Å². The number of aliphatic imine (C=N–C) groups is 1. The van der Waals surface area contributed by atoms with Crippen molar-refractivity contribution < 1.29 is 9.47 Å². The van der Waals surface area contributed by atoms with E-state index >= 15 is 0 Å². The van der Waals surface area contributed by atoms with Crippen molar-refractivity contribution in [2.24, 2.45) is 16.3 Å². The molecule has 1 atom stereocenters. The Morgan fingerprint density at radius 2 is 1.96 bits per heavy atom. The lowest BCUT2D eigenvalue weighted by atomic mass is 9.83. The van der Waals surface area contributed by atoms with Crippen LogP contribution in [0, 0.1) is 11.3 Å². The summed E-state index contributed by atoms with van der Waals surface area (Å²) in [5.41, 5.74) is 0.345. The highest BCUT2D eigenvalue weighted by Crippen LogP contribution is 2.41. The Bertz CT molecular complexity index is 405. The van der Waals surface area contributed by atoms with E-state index in [2.05, 4.69) is 29.4 Å². The number of morpholine rings is 1. The van der Waals surface area contributed by atoms with Crippen molar-refractivity contribution in [3.63, 3.8) is 0 Å². The smallest absolute Gasteiger partial charge is 0.191 e. The van der Waals surface area contributed by atoms with Gasteiger partial charge in [0, 0.05) is 53.0 Å². The summed E-state index contributed by atoms with van der Waals surface area (Å²) in [5, 5.41) is 6.97. The van der Waals surface area contributed by atoms with E-state index in [4.69, 9.17) is 14.5 Å². The van der Waals surface area contributed by atoms with E-state index < -0.39 is 0 Å². The van der Waals surface area contributed by atoms with Crippen molar-refractivity contribution in [1.29, 1.82) is 0 Å². The highest BCUT2D eigenvalue weighted by molar-refractivity contribution is 5.79. The Kier molecular flexibility index (Phi) is 9.72. The van der Waals surface area contributed by atoms with Crippen LogP contribution in [0.2, 0.25) is 0 Å². The molecular weight excluding hydrogens is 328 g/mol. The Labute approximate surface area is 160 Å². The van der Waals surface area contributed by atoms with Crippen molar-refractivity contribution in [3.05, 3.63) is 0 Å². The zero-order valence-corrected chi connectivity index (χ0v) is 17.2. The van der Waals surface area contributed by atoms with Gasteiger partial charge in [-0.1, -0.05) is 19.8 Å². The molecule has 26 heavy (non-hydrogen) atoms. The number of hydrogen-bond acceptors (Lipinski definition) is 4. The van der Waals surface area contributed by atoms with Crippen LogP contribution in [0.4, 0.5) is 0 Å². The van der Waals surface area contributed by atoms with Gasteiger partial charge in [-0.3, -0.25) is 9.89 Å². The molecule has 1 unspecified atom stereocenters. The molecule has 2 N–H and O–H groups in total. The Morgan fingerprint density at radius 1 is 1.23 bits per heavy atom. The third-order valence-electron chi connectivity index (χ3n) is 5.71. The number of guanidine groups is 1. The predicted molar refractivity (Wildman–Crippen MR) is 108 cm³/mol. The molecule has 2 rings (SSSR count). The minimum absolute atomic E-state index is 0.345. The van der Waals surface area contributed by atoms with Crippen LogP contribution in [0.5, 0.6) is 0 Å². The van der Waals surface area contributed by atoms with Gasteiger partial charge in [0.25, 0.3) is 0 Å². The molecule has 1 saturated heterocycles. The Balaban J connectivity index is 1.80. The van der Waals surface area contributed by atoms with Crippen molar-refractivity contribution in [2.45, 2.75) is 46.0 Å². The van der Waals surface area contributed by atoms with E-state index in [1.807, 2.05) is 0 Å². The average molecular weight is 369 g/mol. The first kappa shape index (κ1) is 21.5. The first-order valence-corrected chi connectivity index (χ1v) is 10.5. The van der Waals surface area contributed by atoms with E-state index in [0.717, 1.165) is 71.5 Å². The third-order valence-corrected chi connectivity index (χ3v) is 5.71. The molecule has 1 saturated carbocycles. The van der Waals surface area contributed by atoms with Crippen molar-refractivity contribution in [2.75, 3.05) is 66.2 Å². The second-order valence-electron chi connectivity index (χ2n) is 8.04. The van der Waals surface area contributed by atoms with Gasteiger partial charge in [0.1, 0.15) is 0 Å². The summed E-state index contributed by atoms with van der Waals surface area (Å²) in [6.07, 6.45) is 6.36. The first-order chi connectivity index (χ1) is 12.7. The largest absolute Gasteiger partial charge is 0.385 e. The predicted octanol–water partition coefficient (Wildman–Crippen LogP) is 2.11. The molecule has 0 bridgehead atoms. The molecule has 1 heterocycles. The van der Waals surface area contributed by atoms with Crippen LogP contribution in [-0.2, 0) is 9.47 Å². The fourth-order valence-corrected chi connectivity index (χ4v) is 4.08. The molecule has 0 amide bonds. The molecule has 2 aliphatic rings. The summed E-state index contributed by atoms with van der Waals surface area (Å²) in [7, 11) is 1.80. The van der Waals surface area contributed by atoms with E-state index in [-0.39, 0.29) is 0 Å². The summed E-state index contributed by atoms with van der Waals surface area (Å²) >= 11 is 0. The lowest BCUT2D eigenvalue weighted by Crippen LogP contribution is -2.44. The number of methoxy groups -OCH3 is 1. The molecule has 0 aromatic heterocycles. The maximum atomic E-state index is 5.43. The van der Waals surface area contributed by atoms with Crippen molar-refractivity contribution in [1.82, 2.24) is 15.5 Å². The fraction of sp³-hybridized carbons (Fsp3) is 0.950. The molecule has 0 aromatic rings. The van der Waals surface area contributed by atoms with Gasteiger partial charge in [-0.2, -0.15) is 0 Å². The SMILES string of the molecule is CCNC(=NCC1(CCOC)CCCC1)NCC(C)CN1CCOCC1. The summed E-state index contributed by atoms with van der Waals surface area (Å²) < 4.78 is 10.8. The summed E-state index contributed by atoms with van der Waals surface area (Å²) in [4.78, 5) is 7.44. The lowest BCUT2D eigenvalue weighted by Gasteiger charge is -2.29. The molecule has 6 nitrogen and oxygen atoms in total. The van der Waals surface area contributed by atoms with E-state index in [1.165, 1.54) is 25.7 Å². The third kappa shape index (κ3) is 7.41. The van der Waals surface area contributed by atoms with Gasteiger partial charge in [0.15, 0.2) is 5.96 Å². The van der Waals surface area contributed by atoms with Crippen LogP contribution in [0.25, 0.3) is 0 Å². The number of nitrogens with one attached hydrogen (secondary N) is 2. The minimum Gasteiger partial charge on any atom is -0.385 e. The van der Waals surface area contributed by atoms with Gasteiger partial charge in [-0.15, -0.1) is 0 Å². The van der Waals surface area contributed by atoms with Gasteiger partial charge >= 0.3 is 0 Å². The van der Waals surface area contributed by atoms with Crippen LogP contribution in [-0.4, -0.2) is 77.1 Å².